The minimum Gasteiger partial charge on any atom is -0.0958 e. The van der Waals surface area contributed by atoms with Crippen LogP contribution in [0.2, 0.25) is 0 Å². The van der Waals surface area contributed by atoms with E-state index in [2.05, 4.69) is 31.2 Å². The van der Waals surface area contributed by atoms with E-state index >= 15 is 0 Å². The Morgan fingerprint density at radius 1 is 0.867 bits per heavy atom. The Bertz CT molecular complexity index is 439. The van der Waals surface area contributed by atoms with Gasteiger partial charge in [0.25, 0.3) is 0 Å². The van der Waals surface area contributed by atoms with Gasteiger partial charge in [-0.2, -0.15) is 0 Å². The summed E-state index contributed by atoms with van der Waals surface area (Å²) in [5.41, 5.74) is 1.27. The zero-order valence-electron chi connectivity index (χ0n) is 8.72. The summed E-state index contributed by atoms with van der Waals surface area (Å²) in [5.74, 6) is 0. The van der Waals surface area contributed by atoms with E-state index in [-0.39, 0.29) is 0 Å². The first-order chi connectivity index (χ1) is 7.29. The Balaban J connectivity index is 2.37. The molecule has 0 heterocycles. The van der Waals surface area contributed by atoms with Crippen LogP contribution in [0.25, 0.3) is 0 Å². The summed E-state index contributed by atoms with van der Waals surface area (Å²) in [7, 11) is 5.59. The number of rotatable bonds is 2. The number of hydrogen-bond donors (Lipinski definition) is 0. The van der Waals surface area contributed by atoms with Crippen molar-refractivity contribution in [1.82, 2.24) is 0 Å². The highest BCUT2D eigenvalue weighted by molar-refractivity contribution is 7.94. The fourth-order valence-corrected chi connectivity index (χ4v) is 3.03. The molecule has 0 aliphatic heterocycles. The van der Waals surface area contributed by atoms with Crippen LogP contribution in [0.5, 0.6) is 0 Å². The van der Waals surface area contributed by atoms with Crippen LogP contribution in [0.4, 0.5) is 0 Å². The first-order valence-corrected chi connectivity index (χ1v) is 6.35. The lowest BCUT2D eigenvalue weighted by atomic mass is 10.2. The molecule has 0 bridgehead atoms. The molecule has 0 aromatic heterocycles. The van der Waals surface area contributed by atoms with E-state index in [0.29, 0.717) is 0 Å². The van der Waals surface area contributed by atoms with Gasteiger partial charge in [-0.05, 0) is 23.1 Å². The molecule has 0 aliphatic carbocycles. The van der Waals surface area contributed by atoms with E-state index in [9.17, 15) is 0 Å². The van der Waals surface area contributed by atoms with E-state index < -0.39 is 7.80 Å². The molecule has 0 nitrogen and oxygen atoms in total. The molecule has 2 aromatic rings. The smallest absolute Gasteiger partial charge is 0.0958 e. The normalized spacial score (nSPS) is 12.3. The van der Waals surface area contributed by atoms with Crippen molar-refractivity contribution in [2.24, 2.45) is 0 Å². The van der Waals surface area contributed by atoms with Crippen molar-refractivity contribution in [3.05, 3.63) is 60.2 Å². The van der Waals surface area contributed by atoms with Gasteiger partial charge < -0.3 is 0 Å². The van der Waals surface area contributed by atoms with E-state index in [1.807, 2.05) is 30.3 Å². The summed E-state index contributed by atoms with van der Waals surface area (Å²) in [6.07, 6.45) is 0. The van der Waals surface area contributed by atoms with Gasteiger partial charge in [0.1, 0.15) is 7.57 Å². The van der Waals surface area contributed by atoms with Crippen molar-refractivity contribution >= 4 is 26.0 Å². The lowest BCUT2D eigenvalue weighted by Gasteiger charge is -2.15. The van der Waals surface area contributed by atoms with Gasteiger partial charge in [-0.1, -0.05) is 62.4 Å². The predicted molar refractivity (Wildman–Crippen MR) is 69.6 cm³/mol. The second-order valence-corrected chi connectivity index (χ2v) is 5.23. The molecule has 2 rings (SSSR count). The summed E-state index contributed by atoms with van der Waals surface area (Å²) in [4.78, 5) is 0. The van der Waals surface area contributed by atoms with Crippen LogP contribution < -0.4 is 10.6 Å². The SMILES string of the molecule is [B]P(c1ccccc1)c1ccccc1C. The number of hydrogen-bond acceptors (Lipinski definition) is 0. The number of aryl methyl sites for hydroxylation is 1. The van der Waals surface area contributed by atoms with Crippen LogP contribution in [0.15, 0.2) is 54.6 Å². The molecule has 1 atom stereocenters. The van der Waals surface area contributed by atoms with Gasteiger partial charge in [0, 0.05) is 0 Å². The molecule has 2 aromatic carbocycles. The zero-order valence-corrected chi connectivity index (χ0v) is 9.62. The molecular weight excluding hydrogens is 198 g/mol. The average molecular weight is 210 g/mol. The molecule has 0 aliphatic rings. The molecule has 0 saturated heterocycles. The van der Waals surface area contributed by atoms with Crippen molar-refractivity contribution in [1.29, 1.82) is 0 Å². The van der Waals surface area contributed by atoms with Gasteiger partial charge >= 0.3 is 0 Å². The van der Waals surface area contributed by atoms with Gasteiger partial charge in [-0.15, -0.1) is 0 Å². The molecule has 2 heteroatoms. The maximum Gasteiger partial charge on any atom is 0.121 e. The molecule has 1 unspecified atom stereocenters. The van der Waals surface area contributed by atoms with Gasteiger partial charge in [0.2, 0.25) is 0 Å². The van der Waals surface area contributed by atoms with Crippen LogP contribution in [-0.2, 0) is 0 Å². The molecule has 15 heavy (non-hydrogen) atoms. The highest BCUT2D eigenvalue weighted by Gasteiger charge is 2.07. The third-order valence-corrected chi connectivity index (χ3v) is 4.28. The summed E-state index contributed by atoms with van der Waals surface area (Å²) in [5, 5.41) is 2.49. The third kappa shape index (κ3) is 2.30. The van der Waals surface area contributed by atoms with E-state index in [0.717, 1.165) is 0 Å². The lowest BCUT2D eigenvalue weighted by Crippen LogP contribution is -2.13. The highest BCUT2D eigenvalue weighted by atomic mass is 31.1. The van der Waals surface area contributed by atoms with E-state index in [4.69, 9.17) is 7.57 Å². The van der Waals surface area contributed by atoms with Crippen LogP contribution in [0.1, 0.15) is 5.56 Å². The Morgan fingerprint density at radius 3 is 2.13 bits per heavy atom. The fraction of sp³-hybridized carbons (Fsp3) is 0.0769. The van der Waals surface area contributed by atoms with Crippen LogP contribution in [0, 0.1) is 6.92 Å². The minimum atomic E-state index is -0.692. The van der Waals surface area contributed by atoms with E-state index in [1.54, 1.807) is 0 Å². The van der Waals surface area contributed by atoms with Gasteiger partial charge in [-0.3, -0.25) is 0 Å². The van der Waals surface area contributed by atoms with Crippen molar-refractivity contribution in [3.8, 4) is 0 Å². The molecule has 0 N–H and O–H groups in total. The predicted octanol–water partition coefficient (Wildman–Crippen LogP) is 2.51. The van der Waals surface area contributed by atoms with Crippen molar-refractivity contribution in [2.45, 2.75) is 6.92 Å². The Kier molecular flexibility index (Phi) is 3.23. The second kappa shape index (κ2) is 4.64. The van der Waals surface area contributed by atoms with Gasteiger partial charge in [0.05, 0.1) is 0 Å². The minimum absolute atomic E-state index is 0.692. The maximum atomic E-state index is 6.28. The van der Waals surface area contributed by atoms with Crippen LogP contribution >= 0.6 is 7.80 Å². The molecule has 0 spiro atoms. The van der Waals surface area contributed by atoms with Crippen LogP contribution in [0.3, 0.4) is 0 Å². The summed E-state index contributed by atoms with van der Waals surface area (Å²) < 4.78 is 0. The monoisotopic (exact) mass is 210 g/mol. The summed E-state index contributed by atoms with van der Waals surface area (Å²) >= 11 is 0. The standard InChI is InChI=1S/C13H12BP/c1-11-7-5-6-10-13(11)15(14)12-8-3-2-4-9-12/h2-10H,1H3. The van der Waals surface area contributed by atoms with Crippen molar-refractivity contribution in [3.63, 3.8) is 0 Å². The topological polar surface area (TPSA) is 0 Å². The molecular formula is C13H12BP. The Hall–Kier alpha value is -1.07. The number of benzene rings is 2. The molecule has 72 valence electrons. The summed E-state index contributed by atoms with van der Waals surface area (Å²) in [6, 6.07) is 18.6. The fourth-order valence-electron chi connectivity index (χ4n) is 1.56. The quantitative estimate of drug-likeness (QED) is 0.527. The maximum absolute atomic E-state index is 6.28. The van der Waals surface area contributed by atoms with Gasteiger partial charge in [0.15, 0.2) is 0 Å². The van der Waals surface area contributed by atoms with Gasteiger partial charge in [-0.25, -0.2) is 0 Å². The molecule has 2 radical (unpaired) electrons. The zero-order chi connectivity index (χ0) is 10.7. The molecule has 0 fully saturated rings. The average Bonchev–Trinajstić information content (AvgIpc) is 2.30. The first kappa shape index (κ1) is 10.5. The van der Waals surface area contributed by atoms with Crippen LogP contribution in [-0.4, -0.2) is 7.57 Å². The first-order valence-electron chi connectivity index (χ1n) is 4.94. The van der Waals surface area contributed by atoms with Crippen molar-refractivity contribution < 1.29 is 0 Å². The van der Waals surface area contributed by atoms with E-state index in [1.165, 1.54) is 16.2 Å². The van der Waals surface area contributed by atoms with Crippen molar-refractivity contribution in [2.75, 3.05) is 0 Å². The largest absolute Gasteiger partial charge is 0.121 e. The Labute approximate surface area is 93.5 Å². The highest BCUT2D eigenvalue weighted by Crippen LogP contribution is 2.28. The summed E-state index contributed by atoms with van der Waals surface area (Å²) in [6.45, 7) is 2.11. The Morgan fingerprint density at radius 2 is 1.47 bits per heavy atom. The lowest BCUT2D eigenvalue weighted by molar-refractivity contribution is 1.52. The second-order valence-electron chi connectivity index (χ2n) is 3.49. The third-order valence-electron chi connectivity index (χ3n) is 2.41. The molecule has 0 saturated carbocycles. The molecule has 0 amide bonds.